The topological polar surface area (TPSA) is 17.1 Å². The molecule has 0 radical (unpaired) electrons. The maximum atomic E-state index is 14.9. The fourth-order valence-electron chi connectivity index (χ4n) is 8.33. The van der Waals surface area contributed by atoms with Crippen LogP contribution >= 0.6 is 0 Å². The molecule has 0 unspecified atom stereocenters. The van der Waals surface area contributed by atoms with Crippen LogP contribution in [0, 0.1) is 86.9 Å². The second-order valence-corrected chi connectivity index (χ2v) is 15.0. The average molecular weight is 719 g/mol. The van der Waals surface area contributed by atoms with Crippen molar-refractivity contribution >= 4 is 5.78 Å². The molecule has 2 bridgehead atoms. The van der Waals surface area contributed by atoms with Gasteiger partial charge in [-0.15, -0.1) is 0 Å². The molecule has 0 amide bonds. The fourth-order valence-corrected chi connectivity index (χ4v) is 8.33. The minimum atomic E-state index is -0.230. The van der Waals surface area contributed by atoms with Gasteiger partial charge in [0.05, 0.1) is 0 Å². The van der Waals surface area contributed by atoms with Crippen LogP contribution in [0.3, 0.4) is 0 Å². The van der Waals surface area contributed by atoms with Gasteiger partial charge in [-0.05, 0) is 146 Å². The number of ketones is 1. The second kappa shape index (κ2) is 15.9. The second-order valence-electron chi connectivity index (χ2n) is 15.0. The van der Waals surface area contributed by atoms with Gasteiger partial charge in [0.2, 0.25) is 0 Å². The highest BCUT2D eigenvalue weighted by atomic mass is 16.1. The normalized spacial score (nSPS) is 15.0. The maximum Gasteiger partial charge on any atom is 0.140 e. The van der Waals surface area contributed by atoms with E-state index in [1.807, 2.05) is 121 Å². The number of benzene rings is 6. The first-order valence-corrected chi connectivity index (χ1v) is 19.5. The van der Waals surface area contributed by atoms with Crippen molar-refractivity contribution in [2.75, 3.05) is 0 Å². The van der Waals surface area contributed by atoms with Gasteiger partial charge in [0.25, 0.3) is 0 Å². The van der Waals surface area contributed by atoms with Gasteiger partial charge in [-0.1, -0.05) is 120 Å². The van der Waals surface area contributed by atoms with Crippen molar-refractivity contribution < 1.29 is 4.79 Å². The molecule has 2 aliphatic carbocycles. The van der Waals surface area contributed by atoms with Crippen LogP contribution in [0.1, 0.15) is 89.0 Å². The highest BCUT2D eigenvalue weighted by Crippen LogP contribution is 2.41. The zero-order valence-electron chi connectivity index (χ0n) is 32.4. The summed E-state index contributed by atoms with van der Waals surface area (Å²) in [6.07, 6.45) is 2.42. The molecule has 0 atom stereocenters. The predicted octanol–water partition coefficient (Wildman–Crippen LogP) is 10.2. The van der Waals surface area contributed by atoms with Crippen molar-refractivity contribution in [3.8, 4) is 47.4 Å². The summed E-state index contributed by atoms with van der Waals surface area (Å²) in [4.78, 5) is 14.9. The van der Waals surface area contributed by atoms with E-state index in [0.717, 1.165) is 66.8 Å². The highest BCUT2D eigenvalue weighted by molar-refractivity contribution is 5.88. The lowest BCUT2D eigenvalue weighted by Gasteiger charge is -2.23. The van der Waals surface area contributed by atoms with Gasteiger partial charge in [-0.25, -0.2) is 0 Å². The molecule has 0 saturated carbocycles. The lowest BCUT2D eigenvalue weighted by molar-refractivity contribution is -0.126. The molecule has 6 aromatic rings. The predicted molar refractivity (Wildman–Crippen MR) is 228 cm³/mol. The van der Waals surface area contributed by atoms with Crippen LogP contribution in [0.25, 0.3) is 0 Å². The summed E-state index contributed by atoms with van der Waals surface area (Å²) < 4.78 is 0. The molecule has 6 aromatic carbocycles. The molecule has 56 heavy (non-hydrogen) atoms. The molecule has 1 nitrogen and oxygen atoms in total. The largest absolute Gasteiger partial charge is 0.299 e. The van der Waals surface area contributed by atoms with E-state index in [2.05, 4.69) is 75.1 Å². The first-order chi connectivity index (χ1) is 27.4. The van der Waals surface area contributed by atoms with E-state index in [-0.39, 0.29) is 11.8 Å². The third kappa shape index (κ3) is 7.34. The van der Waals surface area contributed by atoms with Crippen LogP contribution in [0.4, 0.5) is 0 Å². The minimum Gasteiger partial charge on any atom is -0.299 e. The molecule has 0 aliphatic heterocycles. The summed E-state index contributed by atoms with van der Waals surface area (Å²) in [6, 6.07) is 40.6. The van der Waals surface area contributed by atoms with Crippen molar-refractivity contribution in [3.05, 3.63) is 210 Å². The average Bonchev–Trinajstić information content (AvgIpc) is 3.45. The van der Waals surface area contributed by atoms with Gasteiger partial charge in [-0.2, -0.15) is 0 Å². The molecule has 8 rings (SSSR count). The van der Waals surface area contributed by atoms with Crippen LogP contribution < -0.4 is 0 Å². The third-order valence-corrected chi connectivity index (χ3v) is 11.6. The lowest BCUT2D eigenvalue weighted by atomic mass is 9.79. The van der Waals surface area contributed by atoms with E-state index in [9.17, 15) is 4.79 Å². The Hall–Kier alpha value is -6.77. The van der Waals surface area contributed by atoms with Gasteiger partial charge in [0, 0.05) is 56.3 Å². The Morgan fingerprint density at radius 1 is 0.339 bits per heavy atom. The molecule has 0 aromatic heterocycles. The minimum absolute atomic E-state index is 0.230. The Balaban J connectivity index is 1.33. The van der Waals surface area contributed by atoms with Gasteiger partial charge in [0.1, 0.15) is 5.78 Å². The zero-order chi connectivity index (χ0) is 38.6. The maximum absolute atomic E-state index is 14.9. The molecule has 2 aliphatic rings. The molecule has 0 N–H and O–H groups in total. The summed E-state index contributed by atoms with van der Waals surface area (Å²) in [5, 5.41) is 0. The molecule has 0 saturated heterocycles. The van der Waals surface area contributed by atoms with Crippen molar-refractivity contribution in [3.63, 3.8) is 0 Å². The van der Waals surface area contributed by atoms with Gasteiger partial charge < -0.3 is 0 Å². The van der Waals surface area contributed by atoms with Crippen LogP contribution in [0.15, 0.2) is 121 Å². The third-order valence-electron chi connectivity index (χ3n) is 11.6. The van der Waals surface area contributed by atoms with E-state index in [4.69, 9.17) is 0 Å². The van der Waals surface area contributed by atoms with E-state index < -0.39 is 0 Å². The number of fused-ring (bicyclic) bond motifs is 4. The van der Waals surface area contributed by atoms with E-state index in [0.29, 0.717) is 31.5 Å². The number of Topliss-reactive ketones (excluding diaryl/α,β-unsaturated/α-hetero) is 1. The van der Waals surface area contributed by atoms with Crippen molar-refractivity contribution in [1.82, 2.24) is 0 Å². The van der Waals surface area contributed by atoms with E-state index >= 15 is 0 Å². The number of hydrogen-bond donors (Lipinski definition) is 0. The van der Waals surface area contributed by atoms with Gasteiger partial charge >= 0.3 is 0 Å². The molecular formula is C55H42O. The quantitative estimate of drug-likeness (QED) is 0.143. The van der Waals surface area contributed by atoms with Crippen molar-refractivity contribution in [2.45, 2.75) is 53.4 Å². The first-order valence-electron chi connectivity index (χ1n) is 19.5. The zero-order valence-corrected chi connectivity index (χ0v) is 32.4. The smallest absolute Gasteiger partial charge is 0.140 e. The van der Waals surface area contributed by atoms with Gasteiger partial charge in [-0.3, -0.25) is 4.79 Å². The van der Waals surface area contributed by atoms with Crippen molar-refractivity contribution in [2.24, 2.45) is 11.8 Å². The van der Waals surface area contributed by atoms with E-state index in [1.165, 1.54) is 22.3 Å². The Morgan fingerprint density at radius 2 is 0.554 bits per heavy atom. The summed E-state index contributed by atoms with van der Waals surface area (Å²) in [5.74, 6) is 28.2. The van der Waals surface area contributed by atoms with Crippen LogP contribution in [0.2, 0.25) is 0 Å². The highest BCUT2D eigenvalue weighted by Gasteiger charge is 2.39. The number of carbonyl (C=O) groups is 1. The summed E-state index contributed by atoms with van der Waals surface area (Å²) in [6.45, 7) is 8.67. The number of carbonyl (C=O) groups excluding carboxylic acids is 1. The molecule has 1 heteroatoms. The van der Waals surface area contributed by atoms with Crippen LogP contribution in [-0.4, -0.2) is 5.78 Å². The Labute approximate surface area is 332 Å². The first kappa shape index (κ1) is 36.2. The molecule has 0 spiro atoms. The van der Waals surface area contributed by atoms with Gasteiger partial charge in [0.15, 0.2) is 0 Å². The standard InChI is InChI=1S/C55H42O/c1-37-38(2)48(30-26-42-19-11-6-12-20-42)52-34-46-36-54-50(32-28-44-23-15-8-16-24-44)40(4)39(3)49(31-27-43-21-13-7-14-22-43)53(54)35-45(55(46)56)33-51(52)47(37)29-25-41-17-9-5-10-18-41/h5-24,45-46H,33-36H2,1-4H3. The van der Waals surface area contributed by atoms with Crippen molar-refractivity contribution in [1.29, 1.82) is 0 Å². The number of hydrogen-bond acceptors (Lipinski definition) is 1. The Kier molecular flexibility index (Phi) is 10.3. The monoisotopic (exact) mass is 718 g/mol. The lowest BCUT2D eigenvalue weighted by Crippen LogP contribution is -2.24. The van der Waals surface area contributed by atoms with E-state index in [1.54, 1.807) is 0 Å². The summed E-state index contributed by atoms with van der Waals surface area (Å²) >= 11 is 0. The molecular weight excluding hydrogens is 677 g/mol. The summed E-state index contributed by atoms with van der Waals surface area (Å²) in [5.41, 5.74) is 17.2. The fraction of sp³-hybridized carbons (Fsp3) is 0.182. The molecule has 0 fully saturated rings. The SMILES string of the molecule is Cc1c(C)c(C#Cc2ccccc2)c2c(c1C#Cc1ccccc1)CC1Cc3c(C#Cc4ccccc4)c(C)c(C)c(C#Cc4ccccc4)c3CC(C2)C1=O. The molecule has 268 valence electrons. The van der Waals surface area contributed by atoms with Crippen LogP contribution in [0.5, 0.6) is 0 Å². The Morgan fingerprint density at radius 3 is 0.768 bits per heavy atom. The summed E-state index contributed by atoms with van der Waals surface area (Å²) in [7, 11) is 0. The van der Waals surface area contributed by atoms with Crippen LogP contribution in [-0.2, 0) is 30.5 Å². The molecule has 0 heterocycles. The Bertz CT molecular complexity index is 2370. The number of rotatable bonds is 0.